The van der Waals surface area contributed by atoms with E-state index in [1.165, 1.54) is 0 Å². The Labute approximate surface area is 135 Å². The maximum atomic E-state index is 12.1. The summed E-state index contributed by atoms with van der Waals surface area (Å²) >= 11 is 0. The van der Waals surface area contributed by atoms with Crippen molar-refractivity contribution in [1.29, 1.82) is 0 Å². The molecule has 0 atom stereocenters. The van der Waals surface area contributed by atoms with E-state index in [1.54, 1.807) is 4.90 Å². The molecule has 2 rings (SSSR count). The largest absolute Gasteiger partial charge is 0.482 e. The number of nitrogens with zero attached hydrogens (tertiary/aromatic N) is 2. The molecule has 2 N–H and O–H groups in total. The van der Waals surface area contributed by atoms with E-state index >= 15 is 0 Å². The number of carbonyl (C=O) groups is 2. The maximum absolute atomic E-state index is 12.1. The number of rotatable bonds is 8. The fraction of sp³-hybridized carbons (Fsp3) is 0.500. The molecule has 0 aliphatic carbocycles. The molecule has 0 aromatic heterocycles. The predicted octanol–water partition coefficient (Wildman–Crippen LogP) is 1.25. The lowest BCUT2D eigenvalue weighted by atomic mass is 10.2. The molecule has 7 heteroatoms. The number of fused-ring (bicyclic) bond motifs is 1. The van der Waals surface area contributed by atoms with Gasteiger partial charge in [-0.05, 0) is 45.3 Å². The Hall–Kier alpha value is -2.28. The summed E-state index contributed by atoms with van der Waals surface area (Å²) in [6.45, 7) is 1.92. The van der Waals surface area contributed by atoms with Crippen LogP contribution in [0, 0.1) is 0 Å². The molecule has 1 heterocycles. The first-order valence-electron chi connectivity index (χ1n) is 7.65. The van der Waals surface area contributed by atoms with Crippen LogP contribution in [0.4, 0.5) is 11.4 Å². The number of carboxylic acid groups (broad SMARTS) is 1. The number of benzene rings is 1. The van der Waals surface area contributed by atoms with Crippen molar-refractivity contribution in [2.75, 3.05) is 50.6 Å². The molecule has 23 heavy (non-hydrogen) atoms. The lowest BCUT2D eigenvalue weighted by Gasteiger charge is -2.30. The van der Waals surface area contributed by atoms with Crippen LogP contribution in [0.1, 0.15) is 12.8 Å². The minimum atomic E-state index is -0.848. The van der Waals surface area contributed by atoms with Gasteiger partial charge in [-0.3, -0.25) is 9.59 Å². The van der Waals surface area contributed by atoms with E-state index < -0.39 is 5.97 Å². The SMILES string of the molecule is CN(C)CCCN1C(=O)COc2ccc(NCCC(=O)O)cc21. The molecule has 1 aromatic carbocycles. The van der Waals surface area contributed by atoms with Gasteiger partial charge in [0, 0.05) is 18.8 Å². The van der Waals surface area contributed by atoms with Gasteiger partial charge in [-0.15, -0.1) is 0 Å². The third kappa shape index (κ3) is 4.85. The van der Waals surface area contributed by atoms with E-state index in [9.17, 15) is 9.59 Å². The Morgan fingerprint density at radius 2 is 2.22 bits per heavy atom. The zero-order valence-corrected chi connectivity index (χ0v) is 13.5. The second kappa shape index (κ2) is 7.82. The quantitative estimate of drug-likeness (QED) is 0.750. The molecule has 1 aromatic rings. The van der Waals surface area contributed by atoms with Gasteiger partial charge in [0.1, 0.15) is 5.75 Å². The summed E-state index contributed by atoms with van der Waals surface area (Å²) in [6, 6.07) is 5.47. The highest BCUT2D eigenvalue weighted by Gasteiger charge is 2.25. The smallest absolute Gasteiger partial charge is 0.305 e. The molecule has 126 valence electrons. The summed E-state index contributed by atoms with van der Waals surface area (Å²) in [6.07, 6.45) is 0.911. The fourth-order valence-electron chi connectivity index (χ4n) is 2.42. The van der Waals surface area contributed by atoms with Gasteiger partial charge in [-0.2, -0.15) is 0 Å². The van der Waals surface area contributed by atoms with Gasteiger partial charge in [-0.1, -0.05) is 0 Å². The number of nitrogens with one attached hydrogen (secondary N) is 1. The summed E-state index contributed by atoms with van der Waals surface area (Å²) in [5, 5.41) is 11.7. The number of anilines is 2. The molecule has 1 aliphatic rings. The second-order valence-corrected chi connectivity index (χ2v) is 5.74. The van der Waals surface area contributed by atoms with Gasteiger partial charge in [0.2, 0.25) is 0 Å². The molecule has 0 bridgehead atoms. The number of aliphatic carboxylic acids is 1. The first kappa shape index (κ1) is 17.1. The van der Waals surface area contributed by atoms with Crippen LogP contribution in [0.3, 0.4) is 0 Å². The van der Waals surface area contributed by atoms with Crippen molar-refractivity contribution in [3.63, 3.8) is 0 Å². The Bertz CT molecular complexity index is 574. The summed E-state index contributed by atoms with van der Waals surface area (Å²) in [7, 11) is 4.00. The first-order valence-corrected chi connectivity index (χ1v) is 7.65. The monoisotopic (exact) mass is 321 g/mol. The molecule has 0 radical (unpaired) electrons. The number of hydrogen-bond donors (Lipinski definition) is 2. The summed E-state index contributed by atoms with van der Waals surface area (Å²) in [5.74, 6) is -0.225. The van der Waals surface area contributed by atoms with E-state index in [1.807, 2.05) is 32.3 Å². The molecule has 0 unspecified atom stereocenters. The van der Waals surface area contributed by atoms with Gasteiger partial charge >= 0.3 is 5.97 Å². The predicted molar refractivity (Wildman–Crippen MR) is 88.2 cm³/mol. The van der Waals surface area contributed by atoms with E-state index in [-0.39, 0.29) is 18.9 Å². The van der Waals surface area contributed by atoms with Crippen molar-refractivity contribution >= 4 is 23.3 Å². The summed E-state index contributed by atoms with van der Waals surface area (Å²) in [4.78, 5) is 26.5. The Morgan fingerprint density at radius 1 is 1.43 bits per heavy atom. The van der Waals surface area contributed by atoms with Crippen LogP contribution >= 0.6 is 0 Å². The van der Waals surface area contributed by atoms with E-state index in [0.29, 0.717) is 18.8 Å². The average molecular weight is 321 g/mol. The summed E-state index contributed by atoms with van der Waals surface area (Å²) in [5.41, 5.74) is 1.52. The van der Waals surface area contributed by atoms with Crippen LogP contribution in [0.2, 0.25) is 0 Å². The summed E-state index contributed by atoms with van der Waals surface area (Å²) < 4.78 is 5.47. The van der Waals surface area contributed by atoms with Crippen LogP contribution in [-0.2, 0) is 9.59 Å². The average Bonchev–Trinajstić information content (AvgIpc) is 2.49. The van der Waals surface area contributed by atoms with Gasteiger partial charge in [0.15, 0.2) is 6.61 Å². The van der Waals surface area contributed by atoms with E-state index in [0.717, 1.165) is 24.3 Å². The lowest BCUT2D eigenvalue weighted by molar-refractivity contribution is -0.136. The number of hydrogen-bond acceptors (Lipinski definition) is 5. The van der Waals surface area contributed by atoms with Crippen molar-refractivity contribution in [2.45, 2.75) is 12.8 Å². The fourth-order valence-corrected chi connectivity index (χ4v) is 2.42. The number of carbonyl (C=O) groups excluding carboxylic acids is 1. The van der Waals surface area contributed by atoms with Crippen LogP contribution in [0.25, 0.3) is 0 Å². The molecular formula is C16H23N3O4. The van der Waals surface area contributed by atoms with Crippen LogP contribution in [0.5, 0.6) is 5.75 Å². The standard InChI is InChI=1S/C16H23N3O4/c1-18(2)8-3-9-19-13-10-12(17-7-6-16(21)22)4-5-14(13)23-11-15(19)20/h4-5,10,17H,3,6-9,11H2,1-2H3,(H,21,22). The highest BCUT2D eigenvalue weighted by Crippen LogP contribution is 2.34. The topological polar surface area (TPSA) is 82.1 Å². The van der Waals surface area contributed by atoms with Crippen LogP contribution in [0.15, 0.2) is 18.2 Å². The van der Waals surface area contributed by atoms with E-state index in [2.05, 4.69) is 10.2 Å². The zero-order chi connectivity index (χ0) is 16.8. The van der Waals surface area contributed by atoms with Gasteiger partial charge in [0.25, 0.3) is 5.91 Å². The van der Waals surface area contributed by atoms with Crippen LogP contribution in [-0.4, -0.2) is 62.2 Å². The minimum Gasteiger partial charge on any atom is -0.482 e. The molecule has 0 spiro atoms. The van der Waals surface area contributed by atoms with Crippen molar-refractivity contribution in [1.82, 2.24) is 4.90 Å². The first-order chi connectivity index (χ1) is 11.0. The van der Waals surface area contributed by atoms with Crippen molar-refractivity contribution in [3.05, 3.63) is 18.2 Å². The Morgan fingerprint density at radius 3 is 2.91 bits per heavy atom. The van der Waals surface area contributed by atoms with Gasteiger partial charge in [0.05, 0.1) is 12.1 Å². The molecule has 1 amide bonds. The Kier molecular flexibility index (Phi) is 5.81. The van der Waals surface area contributed by atoms with Crippen molar-refractivity contribution in [3.8, 4) is 5.75 Å². The molecule has 0 saturated heterocycles. The zero-order valence-electron chi connectivity index (χ0n) is 13.5. The Balaban J connectivity index is 2.08. The molecular weight excluding hydrogens is 298 g/mol. The molecule has 7 nitrogen and oxygen atoms in total. The number of carboxylic acids is 1. The highest BCUT2D eigenvalue weighted by molar-refractivity contribution is 5.98. The minimum absolute atomic E-state index is 0.0407. The van der Waals surface area contributed by atoms with Crippen LogP contribution < -0.4 is 15.0 Å². The van der Waals surface area contributed by atoms with Gasteiger partial charge < -0.3 is 25.0 Å². The van der Waals surface area contributed by atoms with Gasteiger partial charge in [-0.25, -0.2) is 0 Å². The number of ether oxygens (including phenoxy) is 1. The van der Waals surface area contributed by atoms with Crippen molar-refractivity contribution in [2.24, 2.45) is 0 Å². The normalized spacial score (nSPS) is 13.7. The molecule has 0 fully saturated rings. The molecule has 1 aliphatic heterocycles. The molecule has 0 saturated carbocycles. The highest BCUT2D eigenvalue weighted by atomic mass is 16.5. The van der Waals surface area contributed by atoms with E-state index in [4.69, 9.17) is 9.84 Å². The maximum Gasteiger partial charge on any atom is 0.305 e. The third-order valence-corrected chi connectivity index (χ3v) is 3.56. The number of amides is 1. The lowest BCUT2D eigenvalue weighted by Crippen LogP contribution is -2.40. The second-order valence-electron chi connectivity index (χ2n) is 5.74. The van der Waals surface area contributed by atoms with Crippen molar-refractivity contribution < 1.29 is 19.4 Å². The third-order valence-electron chi connectivity index (χ3n) is 3.56.